The molecule has 0 atom stereocenters. The molecule has 0 unspecified atom stereocenters. The summed E-state index contributed by atoms with van der Waals surface area (Å²) in [5, 5.41) is 0. The van der Waals surface area contributed by atoms with Crippen LogP contribution in [0.3, 0.4) is 0 Å². The van der Waals surface area contributed by atoms with Crippen LogP contribution in [0.1, 0.15) is 11.1 Å². The third-order valence-corrected chi connectivity index (χ3v) is 4.37. The van der Waals surface area contributed by atoms with E-state index in [1.54, 1.807) is 12.1 Å². The molecule has 5 nitrogen and oxygen atoms in total. The van der Waals surface area contributed by atoms with Crippen molar-refractivity contribution in [1.29, 1.82) is 0 Å². The first kappa shape index (κ1) is 18.3. The molecular formula is C18H12F2INO4. The second-order valence-electron chi connectivity index (χ2n) is 5.10. The second kappa shape index (κ2) is 7.81. The fourth-order valence-corrected chi connectivity index (χ4v) is 2.91. The van der Waals surface area contributed by atoms with Crippen molar-refractivity contribution < 1.29 is 27.8 Å². The maximum Gasteiger partial charge on any atom is 0.387 e. The van der Waals surface area contributed by atoms with Gasteiger partial charge in [-0.15, -0.1) is 0 Å². The van der Waals surface area contributed by atoms with Gasteiger partial charge in [-0.05, 0) is 58.5 Å². The standard InChI is InChI=1S/C18H12F2INO4/c1-24-14-7-6-10(9-15(14)25-18(19)20)8-13-17(23)26-16(22-13)11-4-2-3-5-12(11)21/h2-9,18H,1H3/b13-8-. The van der Waals surface area contributed by atoms with Crippen LogP contribution >= 0.6 is 22.6 Å². The van der Waals surface area contributed by atoms with Gasteiger partial charge in [-0.25, -0.2) is 9.79 Å². The van der Waals surface area contributed by atoms with Crippen molar-refractivity contribution in [2.24, 2.45) is 4.99 Å². The van der Waals surface area contributed by atoms with Gasteiger partial charge in [0.05, 0.1) is 12.7 Å². The normalized spacial score (nSPS) is 15.2. The van der Waals surface area contributed by atoms with Gasteiger partial charge >= 0.3 is 12.6 Å². The van der Waals surface area contributed by atoms with Gasteiger partial charge in [-0.2, -0.15) is 8.78 Å². The Balaban J connectivity index is 1.94. The molecule has 2 aromatic rings. The van der Waals surface area contributed by atoms with Gasteiger partial charge in [-0.3, -0.25) is 0 Å². The Morgan fingerprint density at radius 3 is 2.65 bits per heavy atom. The summed E-state index contributed by atoms with van der Waals surface area (Å²) in [4.78, 5) is 16.3. The highest BCUT2D eigenvalue weighted by atomic mass is 127. The van der Waals surface area contributed by atoms with Crippen molar-refractivity contribution in [1.82, 2.24) is 0 Å². The molecule has 0 aliphatic carbocycles. The van der Waals surface area contributed by atoms with Crippen LogP contribution in [-0.4, -0.2) is 25.6 Å². The van der Waals surface area contributed by atoms with E-state index in [1.165, 1.54) is 25.3 Å². The Kier molecular flexibility index (Phi) is 5.50. The molecule has 0 saturated carbocycles. The number of ether oxygens (including phenoxy) is 3. The Hall–Kier alpha value is -2.49. The molecule has 2 aromatic carbocycles. The van der Waals surface area contributed by atoms with Gasteiger partial charge < -0.3 is 14.2 Å². The van der Waals surface area contributed by atoms with Crippen LogP contribution in [0.2, 0.25) is 0 Å². The molecule has 134 valence electrons. The number of rotatable bonds is 5. The highest BCUT2D eigenvalue weighted by Crippen LogP contribution is 2.31. The van der Waals surface area contributed by atoms with Crippen LogP contribution in [0.5, 0.6) is 11.5 Å². The molecule has 0 saturated heterocycles. The van der Waals surface area contributed by atoms with Crippen LogP contribution < -0.4 is 9.47 Å². The molecule has 0 bridgehead atoms. The molecule has 8 heteroatoms. The maximum atomic E-state index is 12.5. The molecule has 1 aliphatic rings. The van der Waals surface area contributed by atoms with E-state index < -0.39 is 12.6 Å². The fourth-order valence-electron chi connectivity index (χ4n) is 2.29. The number of carbonyl (C=O) groups excluding carboxylic acids is 1. The van der Waals surface area contributed by atoms with E-state index in [2.05, 4.69) is 32.3 Å². The average Bonchev–Trinajstić information content (AvgIpc) is 2.95. The van der Waals surface area contributed by atoms with E-state index in [9.17, 15) is 13.6 Å². The zero-order valence-electron chi connectivity index (χ0n) is 13.4. The first-order valence-electron chi connectivity index (χ1n) is 7.38. The Morgan fingerprint density at radius 1 is 1.19 bits per heavy atom. The Morgan fingerprint density at radius 2 is 1.96 bits per heavy atom. The summed E-state index contributed by atoms with van der Waals surface area (Å²) in [7, 11) is 1.35. The molecule has 1 heterocycles. The summed E-state index contributed by atoms with van der Waals surface area (Å²) in [5.74, 6) is -0.398. The highest BCUT2D eigenvalue weighted by molar-refractivity contribution is 14.1. The SMILES string of the molecule is COc1ccc(/C=C2\N=C(c3ccccc3I)OC2=O)cc1OC(F)F. The monoisotopic (exact) mass is 471 g/mol. The molecule has 26 heavy (non-hydrogen) atoms. The summed E-state index contributed by atoms with van der Waals surface area (Å²) in [6, 6.07) is 11.7. The zero-order chi connectivity index (χ0) is 18.7. The maximum absolute atomic E-state index is 12.5. The first-order valence-corrected chi connectivity index (χ1v) is 8.46. The lowest BCUT2D eigenvalue weighted by molar-refractivity contribution is -0.129. The van der Waals surface area contributed by atoms with Gasteiger partial charge in [0.25, 0.3) is 0 Å². The number of alkyl halides is 2. The molecule has 0 N–H and O–H groups in total. The zero-order valence-corrected chi connectivity index (χ0v) is 15.6. The smallest absolute Gasteiger partial charge is 0.387 e. The Bertz CT molecular complexity index is 912. The quantitative estimate of drug-likeness (QED) is 0.372. The lowest BCUT2D eigenvalue weighted by atomic mass is 10.1. The van der Waals surface area contributed by atoms with Crippen LogP contribution in [0.4, 0.5) is 8.78 Å². The number of halogens is 3. The summed E-state index contributed by atoms with van der Waals surface area (Å²) in [6.45, 7) is -2.99. The number of hydrogen-bond donors (Lipinski definition) is 0. The minimum absolute atomic E-state index is 0.0628. The number of methoxy groups -OCH3 is 1. The van der Waals surface area contributed by atoms with Crippen LogP contribution in [0.25, 0.3) is 6.08 Å². The highest BCUT2D eigenvalue weighted by Gasteiger charge is 2.25. The second-order valence-corrected chi connectivity index (χ2v) is 6.27. The van der Waals surface area contributed by atoms with Gasteiger partial charge in [0.1, 0.15) is 0 Å². The Labute approximate surface area is 161 Å². The topological polar surface area (TPSA) is 57.1 Å². The summed E-state index contributed by atoms with van der Waals surface area (Å²) >= 11 is 2.12. The van der Waals surface area contributed by atoms with Crippen LogP contribution in [-0.2, 0) is 9.53 Å². The van der Waals surface area contributed by atoms with Gasteiger partial charge in [0.15, 0.2) is 17.2 Å². The van der Waals surface area contributed by atoms with Crippen molar-refractivity contribution in [3.63, 3.8) is 0 Å². The first-order chi connectivity index (χ1) is 12.5. The number of aliphatic imine (C=N–C) groups is 1. The molecule has 0 radical (unpaired) electrons. The minimum Gasteiger partial charge on any atom is -0.493 e. The van der Waals surface area contributed by atoms with Crippen LogP contribution in [0.15, 0.2) is 53.2 Å². The molecule has 0 amide bonds. The van der Waals surface area contributed by atoms with E-state index in [0.29, 0.717) is 11.1 Å². The number of benzene rings is 2. The number of hydrogen-bond acceptors (Lipinski definition) is 5. The fraction of sp³-hybridized carbons (Fsp3) is 0.111. The lowest BCUT2D eigenvalue weighted by Crippen LogP contribution is -2.06. The average molecular weight is 471 g/mol. The number of cyclic esters (lactones) is 1. The van der Waals surface area contributed by atoms with Crippen molar-refractivity contribution in [3.05, 3.63) is 62.9 Å². The van der Waals surface area contributed by atoms with Crippen molar-refractivity contribution in [3.8, 4) is 11.5 Å². The number of nitrogens with zero attached hydrogens (tertiary/aromatic N) is 1. The largest absolute Gasteiger partial charge is 0.493 e. The van der Waals surface area contributed by atoms with Crippen molar-refractivity contribution in [2.75, 3.05) is 7.11 Å². The van der Waals surface area contributed by atoms with E-state index in [0.717, 1.165) is 3.57 Å². The van der Waals surface area contributed by atoms with Crippen molar-refractivity contribution in [2.45, 2.75) is 6.61 Å². The summed E-state index contributed by atoms with van der Waals surface area (Å²) in [5.41, 5.74) is 1.20. The van der Waals surface area contributed by atoms with Crippen LogP contribution in [0, 0.1) is 3.57 Å². The predicted molar refractivity (Wildman–Crippen MR) is 99.4 cm³/mol. The molecular weight excluding hydrogens is 459 g/mol. The molecule has 1 aliphatic heterocycles. The summed E-state index contributed by atoms with van der Waals surface area (Å²) in [6.07, 6.45) is 1.43. The minimum atomic E-state index is -2.99. The van der Waals surface area contributed by atoms with Crippen molar-refractivity contribution >= 4 is 40.5 Å². The van der Waals surface area contributed by atoms with E-state index >= 15 is 0 Å². The van der Waals surface area contributed by atoms with E-state index in [4.69, 9.17) is 9.47 Å². The van der Waals surface area contributed by atoms with Gasteiger partial charge in [0.2, 0.25) is 5.90 Å². The number of esters is 1. The van der Waals surface area contributed by atoms with Gasteiger partial charge in [0, 0.05) is 3.57 Å². The van der Waals surface area contributed by atoms with E-state index in [1.807, 2.05) is 18.2 Å². The molecule has 3 rings (SSSR count). The molecule has 0 spiro atoms. The molecule has 0 fully saturated rings. The third-order valence-electron chi connectivity index (χ3n) is 3.43. The lowest BCUT2D eigenvalue weighted by Gasteiger charge is -2.10. The summed E-state index contributed by atoms with van der Waals surface area (Å²) < 4.78 is 40.6. The van der Waals surface area contributed by atoms with Gasteiger partial charge in [-0.1, -0.05) is 18.2 Å². The third kappa shape index (κ3) is 4.01. The van der Waals surface area contributed by atoms with E-state index in [-0.39, 0.29) is 23.1 Å². The molecule has 0 aromatic heterocycles. The predicted octanol–water partition coefficient (Wildman–Crippen LogP) is 4.25. The number of carbonyl (C=O) groups is 1.